The van der Waals surface area contributed by atoms with Gasteiger partial charge in [0.2, 0.25) is 0 Å². The van der Waals surface area contributed by atoms with Crippen LogP contribution in [-0.4, -0.2) is 5.11 Å². The number of phenolic OH excluding ortho intramolecular Hbond substituents is 1. The summed E-state index contributed by atoms with van der Waals surface area (Å²) in [4.78, 5) is 0. The van der Waals surface area contributed by atoms with Crippen LogP contribution >= 0.6 is 0 Å². The van der Waals surface area contributed by atoms with Gasteiger partial charge >= 0.3 is 0 Å². The van der Waals surface area contributed by atoms with Gasteiger partial charge in [0, 0.05) is 5.39 Å². The third kappa shape index (κ3) is 1.40. The highest BCUT2D eigenvalue weighted by Gasteiger charge is 2.14. The van der Waals surface area contributed by atoms with Crippen molar-refractivity contribution in [3.05, 3.63) is 41.0 Å². The molecule has 0 aliphatic heterocycles. The molecule has 3 heteroatoms. The highest BCUT2D eigenvalue weighted by Crippen LogP contribution is 2.29. The lowest BCUT2D eigenvalue weighted by molar-refractivity contribution is 0.475. The van der Waals surface area contributed by atoms with Crippen LogP contribution in [0.1, 0.15) is 11.1 Å². The third-order valence-electron chi connectivity index (χ3n) is 2.46. The van der Waals surface area contributed by atoms with E-state index < -0.39 is 11.6 Å². The molecule has 1 nitrogen and oxygen atoms in total. The van der Waals surface area contributed by atoms with E-state index in [0.717, 1.165) is 6.07 Å². The Kier molecular flexibility index (Phi) is 2.28. The molecule has 0 unspecified atom stereocenters. The largest absolute Gasteiger partial charge is 0.508 e. The van der Waals surface area contributed by atoms with Gasteiger partial charge in [-0.05, 0) is 36.1 Å². The number of hydrogen-bond donors (Lipinski definition) is 1. The van der Waals surface area contributed by atoms with Gasteiger partial charge in [-0.25, -0.2) is 8.78 Å². The summed E-state index contributed by atoms with van der Waals surface area (Å²) < 4.78 is 26.6. The van der Waals surface area contributed by atoms with E-state index in [1.807, 2.05) is 0 Å². The van der Waals surface area contributed by atoms with Crippen LogP contribution in [0.5, 0.6) is 5.75 Å². The molecule has 1 N–H and O–H groups in total. The van der Waals surface area contributed by atoms with E-state index in [1.165, 1.54) is 12.1 Å². The molecule has 0 saturated heterocycles. The van der Waals surface area contributed by atoms with Crippen LogP contribution in [0.4, 0.5) is 8.78 Å². The van der Waals surface area contributed by atoms with E-state index in [1.54, 1.807) is 6.92 Å². The van der Waals surface area contributed by atoms with Crippen LogP contribution in [-0.2, 0) is 0 Å². The highest BCUT2D eigenvalue weighted by atomic mass is 19.2. The molecule has 80 valence electrons. The molecule has 0 bridgehead atoms. The van der Waals surface area contributed by atoms with E-state index in [-0.39, 0.29) is 11.3 Å². The summed E-state index contributed by atoms with van der Waals surface area (Å²) >= 11 is 0. The molecule has 16 heavy (non-hydrogen) atoms. The number of benzene rings is 2. The van der Waals surface area contributed by atoms with Gasteiger partial charge in [-0.1, -0.05) is 5.92 Å². The van der Waals surface area contributed by atoms with Crippen LogP contribution in [0.3, 0.4) is 0 Å². The van der Waals surface area contributed by atoms with Crippen LogP contribution in [0.25, 0.3) is 10.8 Å². The Bertz CT molecular complexity index is 624. The minimum Gasteiger partial charge on any atom is -0.508 e. The van der Waals surface area contributed by atoms with Gasteiger partial charge in [-0.15, -0.1) is 6.42 Å². The van der Waals surface area contributed by atoms with Crippen molar-refractivity contribution < 1.29 is 13.9 Å². The lowest BCUT2D eigenvalue weighted by Crippen LogP contribution is -1.94. The summed E-state index contributed by atoms with van der Waals surface area (Å²) in [5.74, 6) is 0.109. The van der Waals surface area contributed by atoms with Gasteiger partial charge < -0.3 is 5.11 Å². The van der Waals surface area contributed by atoms with Gasteiger partial charge in [0.05, 0.1) is 5.56 Å². The first-order chi connectivity index (χ1) is 7.54. The van der Waals surface area contributed by atoms with Crippen LogP contribution < -0.4 is 0 Å². The second-order valence-electron chi connectivity index (χ2n) is 3.55. The second-order valence-corrected chi connectivity index (χ2v) is 3.55. The number of aryl methyl sites for hydroxylation is 1. The summed E-state index contributed by atoms with van der Waals surface area (Å²) in [5.41, 5.74) is 0.509. The average molecular weight is 218 g/mol. The molecule has 0 aliphatic carbocycles. The summed E-state index contributed by atoms with van der Waals surface area (Å²) in [5, 5.41) is 10.2. The Balaban J connectivity index is 3.04. The van der Waals surface area contributed by atoms with Crippen molar-refractivity contribution in [2.24, 2.45) is 0 Å². The molecule has 0 saturated carbocycles. The fraction of sp³-hybridized carbons (Fsp3) is 0.0769. The quantitative estimate of drug-likeness (QED) is 0.673. The molecule has 0 atom stereocenters. The fourth-order valence-electron chi connectivity index (χ4n) is 1.81. The Hall–Kier alpha value is -2.08. The van der Waals surface area contributed by atoms with Crippen molar-refractivity contribution in [2.75, 3.05) is 0 Å². The van der Waals surface area contributed by atoms with Crippen molar-refractivity contribution in [1.29, 1.82) is 0 Å². The molecule has 2 rings (SSSR count). The first-order valence-electron chi connectivity index (χ1n) is 4.62. The predicted octanol–water partition coefficient (Wildman–Crippen LogP) is 3.11. The maximum Gasteiger partial charge on any atom is 0.175 e. The molecule has 0 fully saturated rings. The Morgan fingerprint density at radius 1 is 1.25 bits per heavy atom. The van der Waals surface area contributed by atoms with Crippen molar-refractivity contribution >= 4 is 10.8 Å². The lowest BCUT2D eigenvalue weighted by Gasteiger charge is -2.07. The van der Waals surface area contributed by atoms with Crippen molar-refractivity contribution in [3.63, 3.8) is 0 Å². The van der Waals surface area contributed by atoms with Gasteiger partial charge in [-0.3, -0.25) is 0 Å². The third-order valence-corrected chi connectivity index (χ3v) is 2.46. The number of fused-ring (bicyclic) bond motifs is 1. The lowest BCUT2D eigenvalue weighted by atomic mass is 9.99. The monoisotopic (exact) mass is 218 g/mol. The van der Waals surface area contributed by atoms with Gasteiger partial charge in [0.25, 0.3) is 0 Å². The van der Waals surface area contributed by atoms with E-state index in [2.05, 4.69) is 5.92 Å². The Morgan fingerprint density at radius 3 is 2.56 bits per heavy atom. The molecule has 0 heterocycles. The molecule has 0 aromatic heterocycles. The molecular weight excluding hydrogens is 210 g/mol. The predicted molar refractivity (Wildman–Crippen MR) is 58.2 cm³/mol. The van der Waals surface area contributed by atoms with Crippen molar-refractivity contribution in [2.45, 2.75) is 6.92 Å². The van der Waals surface area contributed by atoms with E-state index in [9.17, 15) is 13.9 Å². The Morgan fingerprint density at radius 2 is 1.94 bits per heavy atom. The molecule has 0 amide bonds. The topological polar surface area (TPSA) is 20.2 Å². The summed E-state index contributed by atoms with van der Waals surface area (Å²) in [6, 6.07) is 3.84. The zero-order valence-electron chi connectivity index (χ0n) is 8.51. The maximum atomic E-state index is 13.4. The maximum absolute atomic E-state index is 13.4. The number of rotatable bonds is 0. The van der Waals surface area contributed by atoms with Gasteiger partial charge in [0.15, 0.2) is 11.6 Å². The number of halogens is 2. The van der Waals surface area contributed by atoms with E-state index in [0.29, 0.717) is 16.3 Å². The minimum atomic E-state index is -1.02. The highest BCUT2D eigenvalue weighted by molar-refractivity contribution is 5.92. The molecule has 2 aromatic rings. The number of aromatic hydroxyl groups is 1. The number of phenols is 1. The average Bonchev–Trinajstić information content (AvgIpc) is 2.20. The summed E-state index contributed by atoms with van der Waals surface area (Å²) in [7, 11) is 0. The van der Waals surface area contributed by atoms with Crippen molar-refractivity contribution in [3.8, 4) is 18.1 Å². The van der Waals surface area contributed by atoms with E-state index in [4.69, 9.17) is 6.42 Å². The summed E-state index contributed by atoms with van der Waals surface area (Å²) in [6.45, 7) is 1.68. The van der Waals surface area contributed by atoms with Crippen molar-refractivity contribution in [1.82, 2.24) is 0 Å². The van der Waals surface area contributed by atoms with Crippen LogP contribution in [0, 0.1) is 30.9 Å². The smallest absolute Gasteiger partial charge is 0.175 e. The van der Waals surface area contributed by atoms with E-state index >= 15 is 0 Å². The molecule has 0 radical (unpaired) electrons. The minimum absolute atomic E-state index is 0.000945. The SMILES string of the molecule is C#Cc1c(F)c(F)cc2cc(O)cc(C)c12. The van der Waals surface area contributed by atoms with Crippen LogP contribution in [0.15, 0.2) is 18.2 Å². The molecule has 0 spiro atoms. The van der Waals surface area contributed by atoms with Gasteiger partial charge in [-0.2, -0.15) is 0 Å². The Labute approximate surface area is 91.3 Å². The molecule has 0 aliphatic rings. The second kappa shape index (κ2) is 3.49. The fourth-order valence-corrected chi connectivity index (χ4v) is 1.81. The number of terminal acetylenes is 1. The van der Waals surface area contributed by atoms with Crippen LogP contribution in [0.2, 0.25) is 0 Å². The first-order valence-corrected chi connectivity index (χ1v) is 4.62. The van der Waals surface area contributed by atoms with Gasteiger partial charge in [0.1, 0.15) is 5.75 Å². The molecular formula is C13H8F2O. The first kappa shape index (κ1) is 10.4. The molecule has 2 aromatic carbocycles. The zero-order valence-corrected chi connectivity index (χ0v) is 8.51. The zero-order chi connectivity index (χ0) is 11.9. The summed E-state index contributed by atoms with van der Waals surface area (Å²) in [6.07, 6.45) is 5.17. The standard InChI is InChI=1S/C13H8F2O/c1-3-10-12-7(2)4-9(16)5-8(12)6-11(14)13(10)15/h1,4-6,16H,2H3. The number of hydrogen-bond acceptors (Lipinski definition) is 1. The normalized spacial score (nSPS) is 10.4.